The maximum atomic E-state index is 8.43. The largest absolute Gasteiger partial charge is 0.409 e. The highest BCUT2D eigenvalue weighted by atomic mass is 16.4. The molecular weight excluding hydrogens is 202 g/mol. The van der Waals surface area contributed by atoms with Crippen LogP contribution in [0.2, 0.25) is 0 Å². The van der Waals surface area contributed by atoms with E-state index in [0.717, 1.165) is 18.9 Å². The Labute approximate surface area is 98.5 Å². The highest BCUT2D eigenvalue weighted by molar-refractivity contribution is 5.79. The molecule has 0 aromatic heterocycles. The predicted molar refractivity (Wildman–Crippen MR) is 66.7 cm³/mol. The number of nitrogens with zero attached hydrogens (tertiary/aromatic N) is 2. The zero-order valence-corrected chi connectivity index (χ0v) is 10.4. The monoisotopic (exact) mass is 227 g/mol. The summed E-state index contributed by atoms with van der Waals surface area (Å²) in [6.07, 6.45) is 7.05. The topological polar surface area (TPSA) is 61.8 Å². The summed E-state index contributed by atoms with van der Waals surface area (Å²) in [5.41, 5.74) is 5.44. The molecule has 3 N–H and O–H groups in total. The van der Waals surface area contributed by atoms with Crippen molar-refractivity contribution in [1.82, 2.24) is 4.90 Å². The van der Waals surface area contributed by atoms with Crippen LogP contribution in [0.15, 0.2) is 5.16 Å². The molecule has 1 aliphatic heterocycles. The first kappa shape index (κ1) is 13.3. The van der Waals surface area contributed by atoms with E-state index in [1.54, 1.807) is 0 Å². The second-order valence-corrected chi connectivity index (χ2v) is 4.74. The van der Waals surface area contributed by atoms with Crippen molar-refractivity contribution >= 4 is 5.84 Å². The average molecular weight is 227 g/mol. The molecule has 94 valence electrons. The van der Waals surface area contributed by atoms with E-state index >= 15 is 0 Å². The van der Waals surface area contributed by atoms with Gasteiger partial charge in [-0.3, -0.25) is 0 Å². The Balaban J connectivity index is 2.17. The summed E-state index contributed by atoms with van der Waals surface area (Å²) < 4.78 is 0. The third-order valence-corrected chi connectivity index (χ3v) is 3.55. The normalized spacial score (nSPS) is 24.3. The zero-order chi connectivity index (χ0) is 11.8. The molecule has 0 spiro atoms. The van der Waals surface area contributed by atoms with Gasteiger partial charge >= 0.3 is 0 Å². The van der Waals surface area contributed by atoms with Gasteiger partial charge in [0.2, 0.25) is 0 Å². The highest BCUT2D eigenvalue weighted by Crippen LogP contribution is 2.20. The van der Waals surface area contributed by atoms with Crippen molar-refractivity contribution in [3.63, 3.8) is 0 Å². The van der Waals surface area contributed by atoms with E-state index in [-0.39, 0.29) is 0 Å². The number of amidine groups is 1. The summed E-state index contributed by atoms with van der Waals surface area (Å²) in [6.45, 7) is 5.80. The summed E-state index contributed by atoms with van der Waals surface area (Å²) in [4.78, 5) is 2.51. The van der Waals surface area contributed by atoms with Crippen LogP contribution >= 0.6 is 0 Å². The van der Waals surface area contributed by atoms with Crippen LogP contribution in [0.5, 0.6) is 0 Å². The summed E-state index contributed by atoms with van der Waals surface area (Å²) >= 11 is 0. The van der Waals surface area contributed by atoms with Gasteiger partial charge in [-0.2, -0.15) is 0 Å². The van der Waals surface area contributed by atoms with Crippen molar-refractivity contribution < 1.29 is 5.21 Å². The van der Waals surface area contributed by atoms with Gasteiger partial charge in [0.1, 0.15) is 5.84 Å². The fourth-order valence-corrected chi connectivity index (χ4v) is 2.39. The Bertz CT molecular complexity index is 218. The fourth-order valence-electron chi connectivity index (χ4n) is 2.39. The van der Waals surface area contributed by atoms with Crippen LogP contribution < -0.4 is 5.73 Å². The van der Waals surface area contributed by atoms with Crippen molar-refractivity contribution in [3.05, 3.63) is 0 Å². The third-order valence-electron chi connectivity index (χ3n) is 3.55. The van der Waals surface area contributed by atoms with Crippen LogP contribution in [0.3, 0.4) is 0 Å². The van der Waals surface area contributed by atoms with E-state index in [4.69, 9.17) is 10.9 Å². The molecule has 1 saturated heterocycles. The number of oxime groups is 1. The average Bonchev–Trinajstić information content (AvgIpc) is 2.54. The van der Waals surface area contributed by atoms with E-state index in [2.05, 4.69) is 17.0 Å². The molecule has 16 heavy (non-hydrogen) atoms. The SMILES string of the molecule is CCC1CCCN(CCCC(N)=NO)CC1. The van der Waals surface area contributed by atoms with Gasteiger partial charge in [0.15, 0.2) is 0 Å². The lowest BCUT2D eigenvalue weighted by atomic mass is 9.98. The Morgan fingerprint density at radius 1 is 1.44 bits per heavy atom. The molecule has 0 bridgehead atoms. The summed E-state index contributed by atoms with van der Waals surface area (Å²) in [7, 11) is 0. The van der Waals surface area contributed by atoms with Gasteiger partial charge in [0, 0.05) is 6.42 Å². The van der Waals surface area contributed by atoms with Crippen LogP contribution in [0.1, 0.15) is 45.4 Å². The van der Waals surface area contributed by atoms with Crippen LogP contribution in [-0.4, -0.2) is 35.6 Å². The molecule has 4 heteroatoms. The van der Waals surface area contributed by atoms with E-state index in [9.17, 15) is 0 Å². The standard InChI is InChI=1S/C12H25N3O/c1-2-11-5-3-8-15(10-7-11)9-4-6-12(13)14-16/h11,16H,2-10H2,1H3,(H2,13,14). The van der Waals surface area contributed by atoms with Crippen molar-refractivity contribution in [1.29, 1.82) is 0 Å². The molecule has 1 unspecified atom stereocenters. The molecule has 4 nitrogen and oxygen atoms in total. The van der Waals surface area contributed by atoms with Crippen molar-refractivity contribution in [3.8, 4) is 0 Å². The first-order valence-electron chi connectivity index (χ1n) is 6.45. The second-order valence-electron chi connectivity index (χ2n) is 4.74. The van der Waals surface area contributed by atoms with E-state index in [1.165, 1.54) is 38.8 Å². The molecule has 0 saturated carbocycles. The van der Waals surface area contributed by atoms with E-state index < -0.39 is 0 Å². The summed E-state index contributed by atoms with van der Waals surface area (Å²) in [6, 6.07) is 0. The van der Waals surface area contributed by atoms with Crippen LogP contribution in [0, 0.1) is 5.92 Å². The zero-order valence-electron chi connectivity index (χ0n) is 10.4. The maximum Gasteiger partial charge on any atom is 0.139 e. The molecule has 1 atom stereocenters. The minimum Gasteiger partial charge on any atom is -0.409 e. The predicted octanol–water partition coefficient (Wildman–Crippen LogP) is 2.03. The second kappa shape index (κ2) is 7.49. The number of nitrogens with two attached hydrogens (primary N) is 1. The highest BCUT2D eigenvalue weighted by Gasteiger charge is 2.15. The first-order valence-corrected chi connectivity index (χ1v) is 6.45. The van der Waals surface area contributed by atoms with Crippen molar-refractivity contribution in [2.75, 3.05) is 19.6 Å². The third kappa shape index (κ3) is 4.84. The van der Waals surface area contributed by atoms with Gasteiger partial charge < -0.3 is 15.8 Å². The molecular formula is C12H25N3O. The van der Waals surface area contributed by atoms with Gasteiger partial charge in [-0.1, -0.05) is 18.5 Å². The van der Waals surface area contributed by atoms with Crippen molar-refractivity contribution in [2.24, 2.45) is 16.8 Å². The van der Waals surface area contributed by atoms with Crippen LogP contribution in [0.25, 0.3) is 0 Å². The number of rotatable bonds is 5. The fraction of sp³-hybridized carbons (Fsp3) is 0.917. The summed E-state index contributed by atoms with van der Waals surface area (Å²) in [5, 5.41) is 11.4. The van der Waals surface area contributed by atoms with Gasteiger partial charge in [0.05, 0.1) is 0 Å². The molecule has 0 aromatic rings. The first-order chi connectivity index (χ1) is 7.76. The lowest BCUT2D eigenvalue weighted by Gasteiger charge is -2.19. The lowest BCUT2D eigenvalue weighted by Crippen LogP contribution is -2.27. The molecule has 0 aromatic carbocycles. The molecule has 0 amide bonds. The van der Waals surface area contributed by atoms with E-state index in [0.29, 0.717) is 12.3 Å². The number of hydrogen-bond acceptors (Lipinski definition) is 3. The smallest absolute Gasteiger partial charge is 0.139 e. The molecule has 1 rings (SSSR count). The van der Waals surface area contributed by atoms with E-state index in [1.807, 2.05) is 0 Å². The molecule has 0 aliphatic carbocycles. The molecule has 1 aliphatic rings. The number of hydrogen-bond donors (Lipinski definition) is 2. The maximum absolute atomic E-state index is 8.43. The van der Waals surface area contributed by atoms with Crippen molar-refractivity contribution in [2.45, 2.75) is 45.4 Å². The Hall–Kier alpha value is -0.770. The Kier molecular flexibility index (Phi) is 6.23. The molecule has 1 heterocycles. The molecule has 1 fully saturated rings. The van der Waals surface area contributed by atoms with Crippen LogP contribution in [-0.2, 0) is 0 Å². The molecule has 0 radical (unpaired) electrons. The van der Waals surface area contributed by atoms with Crippen LogP contribution in [0.4, 0.5) is 0 Å². The Morgan fingerprint density at radius 2 is 2.25 bits per heavy atom. The minimum absolute atomic E-state index is 0.348. The lowest BCUT2D eigenvalue weighted by molar-refractivity contribution is 0.277. The van der Waals surface area contributed by atoms with Gasteiger partial charge in [-0.05, 0) is 51.2 Å². The van der Waals surface area contributed by atoms with Gasteiger partial charge in [-0.15, -0.1) is 0 Å². The number of likely N-dealkylation sites (tertiary alicyclic amines) is 1. The van der Waals surface area contributed by atoms with Gasteiger partial charge in [0.25, 0.3) is 0 Å². The summed E-state index contributed by atoms with van der Waals surface area (Å²) in [5.74, 6) is 1.27. The van der Waals surface area contributed by atoms with Gasteiger partial charge in [-0.25, -0.2) is 0 Å². The Morgan fingerprint density at radius 3 is 2.94 bits per heavy atom. The minimum atomic E-state index is 0.348. The quantitative estimate of drug-likeness (QED) is 0.327.